The minimum absolute atomic E-state index is 0.165. The summed E-state index contributed by atoms with van der Waals surface area (Å²) in [6.07, 6.45) is -1.24. The maximum Gasteiger partial charge on any atom is 0.329 e. The van der Waals surface area contributed by atoms with Gasteiger partial charge < -0.3 is 40.7 Å². The number of unbranched alkanes of at least 4 members (excludes halogenated alkanes) is 1. The largest absolute Gasteiger partial charge is 0.451 e. The maximum atomic E-state index is 13.1. The van der Waals surface area contributed by atoms with E-state index in [1.165, 1.54) is 21.0 Å². The number of amides is 3. The Morgan fingerprint density at radius 1 is 0.738 bits per heavy atom. The lowest BCUT2D eigenvalue weighted by molar-refractivity contribution is -0.163. The molecule has 244 valence electrons. The first-order valence-corrected chi connectivity index (χ1v) is 14.7. The van der Waals surface area contributed by atoms with E-state index in [0.29, 0.717) is 25.7 Å². The van der Waals surface area contributed by atoms with Gasteiger partial charge in [0.25, 0.3) is 11.8 Å². The summed E-state index contributed by atoms with van der Waals surface area (Å²) in [6.45, 7) is 15.8. The van der Waals surface area contributed by atoms with E-state index in [9.17, 15) is 28.8 Å². The SMILES string of the molecule is CC.CCC(NC(=O)C(C)OC)C(=O)OC(C)C(=O)NC(CCCCN)C(=O)OC(C(=O)NC(C=O)C(C)C)C(C)C. The van der Waals surface area contributed by atoms with Crippen molar-refractivity contribution in [3.63, 3.8) is 0 Å². The zero-order valence-electron chi connectivity index (χ0n) is 27.0. The lowest BCUT2D eigenvalue weighted by Crippen LogP contribution is -2.52. The third kappa shape index (κ3) is 15.2. The summed E-state index contributed by atoms with van der Waals surface area (Å²) in [5.74, 6) is -4.16. The van der Waals surface area contributed by atoms with Gasteiger partial charge in [-0.05, 0) is 57.9 Å². The van der Waals surface area contributed by atoms with Gasteiger partial charge in [0.1, 0.15) is 24.5 Å². The number of carbonyl (C=O) groups is 6. The molecule has 0 fully saturated rings. The summed E-state index contributed by atoms with van der Waals surface area (Å²) in [6, 6.07) is -2.90. The van der Waals surface area contributed by atoms with Crippen LogP contribution in [0.2, 0.25) is 0 Å². The van der Waals surface area contributed by atoms with E-state index in [1.807, 2.05) is 13.8 Å². The standard InChI is InChI=1S/C27H48N4O9.C2H6/c1-9-19(29-23(33)17(6)38-8)26(36)39-18(7)24(34)30-20(12-10-11-13-28)27(37)40-22(16(4)5)25(35)31-21(14-32)15(2)3;1-2/h14-22H,9-13,28H2,1-8H3,(H,29,33)(H,30,34)(H,31,35);1-2H3. The van der Waals surface area contributed by atoms with Gasteiger partial charge in [-0.1, -0.05) is 48.5 Å². The predicted octanol–water partition coefficient (Wildman–Crippen LogP) is 1.40. The van der Waals surface area contributed by atoms with Crippen molar-refractivity contribution in [3.05, 3.63) is 0 Å². The fourth-order valence-corrected chi connectivity index (χ4v) is 3.37. The van der Waals surface area contributed by atoms with Crippen molar-refractivity contribution in [2.24, 2.45) is 17.6 Å². The second-order valence-corrected chi connectivity index (χ2v) is 10.3. The Hall–Kier alpha value is -3.06. The lowest BCUT2D eigenvalue weighted by Gasteiger charge is -2.27. The molecular formula is C29H54N4O9. The van der Waals surface area contributed by atoms with Gasteiger partial charge in [0, 0.05) is 7.11 Å². The molecule has 0 rings (SSSR count). The van der Waals surface area contributed by atoms with Crippen LogP contribution in [-0.4, -0.2) is 86.0 Å². The molecule has 0 heterocycles. The van der Waals surface area contributed by atoms with E-state index in [1.54, 1.807) is 34.6 Å². The molecule has 0 aromatic carbocycles. The molecule has 3 amide bonds. The smallest absolute Gasteiger partial charge is 0.329 e. The van der Waals surface area contributed by atoms with Gasteiger partial charge in [-0.2, -0.15) is 0 Å². The van der Waals surface area contributed by atoms with Gasteiger partial charge >= 0.3 is 11.9 Å². The summed E-state index contributed by atoms with van der Waals surface area (Å²) >= 11 is 0. The molecule has 6 atom stereocenters. The third-order valence-electron chi connectivity index (χ3n) is 6.22. The summed E-state index contributed by atoms with van der Waals surface area (Å²) < 4.78 is 15.7. The summed E-state index contributed by atoms with van der Waals surface area (Å²) in [7, 11) is 1.36. The molecule has 0 aliphatic rings. The van der Waals surface area contributed by atoms with Crippen LogP contribution in [0.1, 0.15) is 88.0 Å². The summed E-state index contributed by atoms with van der Waals surface area (Å²) in [5, 5.41) is 7.62. The first kappa shape index (κ1) is 41.1. The Morgan fingerprint density at radius 3 is 1.71 bits per heavy atom. The van der Waals surface area contributed by atoms with Crippen LogP contribution in [0, 0.1) is 11.8 Å². The van der Waals surface area contributed by atoms with Gasteiger partial charge in [0.15, 0.2) is 12.2 Å². The highest BCUT2D eigenvalue weighted by molar-refractivity contribution is 5.91. The van der Waals surface area contributed by atoms with Crippen LogP contribution in [0.3, 0.4) is 0 Å². The van der Waals surface area contributed by atoms with Gasteiger partial charge in [-0.3, -0.25) is 14.4 Å². The van der Waals surface area contributed by atoms with Crippen LogP contribution in [0.15, 0.2) is 0 Å². The zero-order chi connectivity index (χ0) is 33.0. The van der Waals surface area contributed by atoms with Crippen LogP contribution >= 0.6 is 0 Å². The Kier molecular flexibility index (Phi) is 22.0. The van der Waals surface area contributed by atoms with Crippen molar-refractivity contribution in [2.75, 3.05) is 13.7 Å². The average molecular weight is 603 g/mol. The number of esters is 2. The maximum absolute atomic E-state index is 13.1. The van der Waals surface area contributed by atoms with Gasteiger partial charge in [-0.15, -0.1) is 0 Å². The highest BCUT2D eigenvalue weighted by Crippen LogP contribution is 2.13. The number of rotatable bonds is 19. The van der Waals surface area contributed by atoms with Crippen molar-refractivity contribution < 1.29 is 43.0 Å². The van der Waals surface area contributed by atoms with Crippen LogP contribution in [0.4, 0.5) is 0 Å². The van der Waals surface area contributed by atoms with Gasteiger partial charge in [-0.25, -0.2) is 9.59 Å². The van der Waals surface area contributed by atoms with Crippen molar-refractivity contribution in [3.8, 4) is 0 Å². The van der Waals surface area contributed by atoms with E-state index in [-0.39, 0.29) is 18.8 Å². The van der Waals surface area contributed by atoms with Crippen LogP contribution in [0.5, 0.6) is 0 Å². The first-order chi connectivity index (χ1) is 19.7. The molecule has 0 bridgehead atoms. The first-order valence-electron chi connectivity index (χ1n) is 14.7. The van der Waals surface area contributed by atoms with Crippen molar-refractivity contribution in [1.82, 2.24) is 16.0 Å². The van der Waals surface area contributed by atoms with E-state index in [0.717, 1.165) is 0 Å². The molecule has 0 aliphatic heterocycles. The Balaban J connectivity index is 0. The van der Waals surface area contributed by atoms with Crippen LogP contribution in [-0.2, 0) is 43.0 Å². The third-order valence-corrected chi connectivity index (χ3v) is 6.22. The Labute approximate surface area is 250 Å². The van der Waals surface area contributed by atoms with Gasteiger partial charge in [0.2, 0.25) is 5.91 Å². The summed E-state index contributed by atoms with van der Waals surface area (Å²) in [5.41, 5.74) is 5.56. The molecule has 0 saturated heterocycles. The highest BCUT2D eigenvalue weighted by Gasteiger charge is 2.34. The second kappa shape index (κ2) is 22.5. The predicted molar refractivity (Wildman–Crippen MR) is 158 cm³/mol. The van der Waals surface area contributed by atoms with E-state index < -0.39 is 72.0 Å². The number of aldehydes is 1. The van der Waals surface area contributed by atoms with Crippen molar-refractivity contribution in [2.45, 2.75) is 124 Å². The molecule has 0 aromatic rings. The van der Waals surface area contributed by atoms with Crippen molar-refractivity contribution in [1.29, 1.82) is 0 Å². The number of nitrogens with two attached hydrogens (primary N) is 1. The van der Waals surface area contributed by atoms with Crippen LogP contribution in [0.25, 0.3) is 0 Å². The topological polar surface area (TPSA) is 192 Å². The number of nitrogens with one attached hydrogen (secondary N) is 3. The molecule has 42 heavy (non-hydrogen) atoms. The average Bonchev–Trinajstić information content (AvgIpc) is 2.96. The number of methoxy groups -OCH3 is 1. The fraction of sp³-hybridized carbons (Fsp3) is 0.793. The molecule has 0 aliphatic carbocycles. The number of ether oxygens (including phenoxy) is 3. The monoisotopic (exact) mass is 602 g/mol. The quantitative estimate of drug-likeness (QED) is 0.0954. The number of hydrogen-bond donors (Lipinski definition) is 4. The Bertz CT molecular complexity index is 851. The van der Waals surface area contributed by atoms with E-state index in [4.69, 9.17) is 19.9 Å². The van der Waals surface area contributed by atoms with Crippen molar-refractivity contribution >= 4 is 35.9 Å². The van der Waals surface area contributed by atoms with Gasteiger partial charge in [0.05, 0.1) is 6.04 Å². The fourth-order valence-electron chi connectivity index (χ4n) is 3.37. The molecule has 0 aromatic heterocycles. The zero-order valence-corrected chi connectivity index (χ0v) is 27.0. The summed E-state index contributed by atoms with van der Waals surface area (Å²) in [4.78, 5) is 74.8. The molecule has 0 radical (unpaired) electrons. The lowest BCUT2D eigenvalue weighted by atomic mass is 10.0. The number of carbonyl (C=O) groups excluding carboxylic acids is 6. The van der Waals surface area contributed by atoms with Crippen LogP contribution < -0.4 is 21.7 Å². The second-order valence-electron chi connectivity index (χ2n) is 10.3. The molecule has 13 heteroatoms. The Morgan fingerprint density at radius 2 is 1.26 bits per heavy atom. The minimum atomic E-state index is -1.30. The molecule has 5 N–H and O–H groups in total. The highest BCUT2D eigenvalue weighted by atomic mass is 16.6. The van der Waals surface area contributed by atoms with E-state index in [2.05, 4.69) is 16.0 Å². The van der Waals surface area contributed by atoms with E-state index >= 15 is 0 Å². The molecule has 13 nitrogen and oxygen atoms in total. The molecule has 0 spiro atoms. The number of hydrogen-bond acceptors (Lipinski definition) is 10. The molecular weight excluding hydrogens is 548 g/mol. The molecule has 6 unspecified atom stereocenters. The minimum Gasteiger partial charge on any atom is -0.451 e. The molecule has 0 saturated carbocycles. The normalized spacial score (nSPS) is 15.1.